The van der Waals surface area contributed by atoms with Crippen LogP contribution < -0.4 is 14.8 Å². The van der Waals surface area contributed by atoms with Crippen LogP contribution in [0.5, 0.6) is 11.6 Å². The first-order valence-electron chi connectivity index (χ1n) is 6.73. The highest BCUT2D eigenvalue weighted by Gasteiger charge is 2.11. The number of pyridine rings is 1. The molecule has 1 aromatic heterocycles. The molecule has 0 spiro atoms. The summed E-state index contributed by atoms with van der Waals surface area (Å²) in [5.41, 5.74) is 1.63. The van der Waals surface area contributed by atoms with Crippen molar-refractivity contribution in [2.45, 2.75) is 19.6 Å². The van der Waals surface area contributed by atoms with Crippen LogP contribution in [0.3, 0.4) is 0 Å². The Morgan fingerprint density at radius 1 is 1.29 bits per heavy atom. The van der Waals surface area contributed by atoms with E-state index in [0.29, 0.717) is 11.6 Å². The molecule has 0 bridgehead atoms. The molecule has 1 heterocycles. The Morgan fingerprint density at radius 2 is 2.10 bits per heavy atom. The highest BCUT2D eigenvalue weighted by molar-refractivity contribution is 5.36. The maximum Gasteiger partial charge on any atom is 0.213 e. The normalized spacial score (nSPS) is 12.0. The zero-order valence-corrected chi connectivity index (χ0v) is 12.4. The van der Waals surface area contributed by atoms with Crippen molar-refractivity contribution in [3.63, 3.8) is 0 Å². The van der Waals surface area contributed by atoms with Gasteiger partial charge in [0.05, 0.1) is 12.8 Å². The second kappa shape index (κ2) is 7.04. The van der Waals surface area contributed by atoms with Crippen molar-refractivity contribution in [1.82, 2.24) is 10.3 Å². The van der Waals surface area contributed by atoms with Gasteiger partial charge >= 0.3 is 0 Å². The van der Waals surface area contributed by atoms with E-state index in [4.69, 9.17) is 9.47 Å². The summed E-state index contributed by atoms with van der Waals surface area (Å²) in [7, 11) is 3.41. The van der Waals surface area contributed by atoms with Gasteiger partial charge in [0.2, 0.25) is 5.88 Å². The van der Waals surface area contributed by atoms with Crippen LogP contribution in [0.15, 0.2) is 36.4 Å². The summed E-state index contributed by atoms with van der Waals surface area (Å²) in [6.45, 7) is 2.24. The Balaban J connectivity index is 2.16. The number of hydrogen-bond acceptors (Lipinski definition) is 4. The molecule has 0 aliphatic carbocycles. The minimum absolute atomic E-state index is 0.0684. The summed E-state index contributed by atoms with van der Waals surface area (Å²) < 4.78 is 24.2. The Bertz CT molecular complexity index is 605. The van der Waals surface area contributed by atoms with Crippen molar-refractivity contribution in [1.29, 1.82) is 0 Å². The van der Waals surface area contributed by atoms with Crippen LogP contribution in [0.1, 0.15) is 24.2 Å². The van der Waals surface area contributed by atoms with E-state index in [2.05, 4.69) is 10.3 Å². The molecular weight excluding hydrogens is 271 g/mol. The predicted molar refractivity (Wildman–Crippen MR) is 79.0 cm³/mol. The summed E-state index contributed by atoms with van der Waals surface area (Å²) in [4.78, 5) is 4.27. The monoisotopic (exact) mass is 290 g/mol. The molecule has 0 radical (unpaired) electrons. The summed E-state index contributed by atoms with van der Waals surface area (Å²) in [6, 6.07) is 10.1. The van der Waals surface area contributed by atoms with E-state index in [9.17, 15) is 4.39 Å². The van der Waals surface area contributed by atoms with E-state index >= 15 is 0 Å². The lowest BCUT2D eigenvalue weighted by molar-refractivity contribution is 0.291. The molecule has 0 fully saturated rings. The van der Waals surface area contributed by atoms with Gasteiger partial charge in [0.1, 0.15) is 18.2 Å². The van der Waals surface area contributed by atoms with Crippen LogP contribution in [0.2, 0.25) is 0 Å². The van der Waals surface area contributed by atoms with Gasteiger partial charge in [-0.25, -0.2) is 9.37 Å². The second-order valence-electron chi connectivity index (χ2n) is 4.65. The Labute approximate surface area is 123 Å². The highest BCUT2D eigenvalue weighted by atomic mass is 19.1. The van der Waals surface area contributed by atoms with Crippen LogP contribution in [0.25, 0.3) is 0 Å². The van der Waals surface area contributed by atoms with Crippen molar-refractivity contribution < 1.29 is 13.9 Å². The summed E-state index contributed by atoms with van der Waals surface area (Å²) in [6.07, 6.45) is 0. The van der Waals surface area contributed by atoms with Crippen LogP contribution in [0.4, 0.5) is 4.39 Å². The van der Waals surface area contributed by atoms with Gasteiger partial charge in [-0.05, 0) is 26.1 Å². The average molecular weight is 290 g/mol. The Hall–Kier alpha value is -2.14. The first kappa shape index (κ1) is 15.3. The molecule has 1 unspecified atom stereocenters. The van der Waals surface area contributed by atoms with E-state index in [0.717, 1.165) is 11.3 Å². The van der Waals surface area contributed by atoms with Crippen molar-refractivity contribution in [3.05, 3.63) is 53.5 Å². The molecule has 0 aliphatic rings. The van der Waals surface area contributed by atoms with Crippen molar-refractivity contribution in [2.75, 3.05) is 14.2 Å². The van der Waals surface area contributed by atoms with Crippen molar-refractivity contribution >= 4 is 0 Å². The number of benzene rings is 1. The predicted octanol–water partition coefficient (Wildman–Crippen LogP) is 3.09. The molecule has 0 saturated carbocycles. The molecule has 0 saturated heterocycles. The van der Waals surface area contributed by atoms with Crippen LogP contribution in [-0.4, -0.2) is 19.1 Å². The number of rotatable bonds is 6. The zero-order valence-electron chi connectivity index (χ0n) is 12.4. The molecule has 5 heteroatoms. The summed E-state index contributed by atoms with van der Waals surface area (Å²) >= 11 is 0. The standard InChI is InChI=1S/C16H19FN2O2/c1-11(18-2)14-8-7-12(17)9-15(14)21-10-13-5-4-6-16(19-13)20-3/h4-9,11,18H,10H2,1-3H3. The van der Waals surface area contributed by atoms with Crippen molar-refractivity contribution in [3.8, 4) is 11.6 Å². The molecular formula is C16H19FN2O2. The minimum atomic E-state index is -0.323. The molecule has 4 nitrogen and oxygen atoms in total. The fourth-order valence-electron chi connectivity index (χ4n) is 1.95. The van der Waals surface area contributed by atoms with Gasteiger partial charge in [0.25, 0.3) is 0 Å². The zero-order chi connectivity index (χ0) is 15.2. The van der Waals surface area contributed by atoms with E-state index in [1.54, 1.807) is 19.2 Å². The van der Waals surface area contributed by atoms with Gasteiger partial charge in [-0.2, -0.15) is 0 Å². The molecule has 0 amide bonds. The van der Waals surface area contributed by atoms with Gasteiger partial charge in [-0.3, -0.25) is 0 Å². The SMILES string of the molecule is CNC(C)c1ccc(F)cc1OCc1cccc(OC)n1. The van der Waals surface area contributed by atoms with E-state index in [1.807, 2.05) is 26.1 Å². The Kier molecular flexibility index (Phi) is 5.11. The van der Waals surface area contributed by atoms with Gasteiger partial charge in [0.15, 0.2) is 0 Å². The van der Waals surface area contributed by atoms with Gasteiger partial charge in [0, 0.05) is 23.7 Å². The smallest absolute Gasteiger partial charge is 0.213 e. The molecule has 112 valence electrons. The number of aromatic nitrogens is 1. The Morgan fingerprint density at radius 3 is 2.81 bits per heavy atom. The number of ether oxygens (including phenoxy) is 2. The molecule has 1 atom stereocenters. The number of methoxy groups -OCH3 is 1. The third-order valence-electron chi connectivity index (χ3n) is 3.24. The first-order valence-corrected chi connectivity index (χ1v) is 6.73. The lowest BCUT2D eigenvalue weighted by Crippen LogP contribution is -2.14. The fraction of sp³-hybridized carbons (Fsp3) is 0.312. The summed E-state index contributed by atoms with van der Waals surface area (Å²) in [5.74, 6) is 0.719. The summed E-state index contributed by atoms with van der Waals surface area (Å²) in [5, 5.41) is 3.12. The number of nitrogens with one attached hydrogen (secondary N) is 1. The largest absolute Gasteiger partial charge is 0.487 e. The molecule has 2 rings (SSSR count). The highest BCUT2D eigenvalue weighted by Crippen LogP contribution is 2.26. The first-order chi connectivity index (χ1) is 10.1. The average Bonchev–Trinajstić information content (AvgIpc) is 2.52. The fourth-order valence-corrected chi connectivity index (χ4v) is 1.95. The van der Waals surface area contributed by atoms with Gasteiger partial charge in [-0.15, -0.1) is 0 Å². The minimum Gasteiger partial charge on any atom is -0.487 e. The van der Waals surface area contributed by atoms with Gasteiger partial charge in [-0.1, -0.05) is 12.1 Å². The molecule has 1 aromatic carbocycles. The lowest BCUT2D eigenvalue weighted by atomic mass is 10.1. The maximum atomic E-state index is 13.4. The molecule has 2 aromatic rings. The van der Waals surface area contributed by atoms with Crippen LogP contribution in [-0.2, 0) is 6.61 Å². The van der Waals surface area contributed by atoms with Crippen LogP contribution >= 0.6 is 0 Å². The van der Waals surface area contributed by atoms with Gasteiger partial charge < -0.3 is 14.8 Å². The third-order valence-corrected chi connectivity index (χ3v) is 3.24. The lowest BCUT2D eigenvalue weighted by Gasteiger charge is -2.16. The second-order valence-corrected chi connectivity index (χ2v) is 4.65. The maximum absolute atomic E-state index is 13.4. The quantitative estimate of drug-likeness (QED) is 0.888. The molecule has 0 aliphatic heterocycles. The number of halogens is 1. The van der Waals surface area contributed by atoms with E-state index in [1.165, 1.54) is 12.1 Å². The number of nitrogens with zero attached hydrogens (tertiary/aromatic N) is 1. The van der Waals surface area contributed by atoms with Crippen LogP contribution in [0, 0.1) is 5.82 Å². The van der Waals surface area contributed by atoms with E-state index in [-0.39, 0.29) is 18.5 Å². The molecule has 21 heavy (non-hydrogen) atoms. The molecule has 1 N–H and O–H groups in total. The number of hydrogen-bond donors (Lipinski definition) is 1. The van der Waals surface area contributed by atoms with E-state index < -0.39 is 0 Å². The topological polar surface area (TPSA) is 43.4 Å². The third kappa shape index (κ3) is 3.92. The van der Waals surface area contributed by atoms with Crippen molar-refractivity contribution in [2.24, 2.45) is 0 Å².